The topological polar surface area (TPSA) is 59.0 Å². The number of aryl methyl sites for hydroxylation is 1. The van der Waals surface area contributed by atoms with Gasteiger partial charge in [-0.1, -0.05) is 18.5 Å². The summed E-state index contributed by atoms with van der Waals surface area (Å²) in [4.78, 5) is 16.0. The Hall–Kier alpha value is -2.01. The van der Waals surface area contributed by atoms with Crippen molar-refractivity contribution in [2.45, 2.75) is 26.4 Å². The molecule has 1 heterocycles. The van der Waals surface area contributed by atoms with Gasteiger partial charge in [0.25, 0.3) is 5.91 Å². The molecule has 112 valence electrons. The van der Waals surface area contributed by atoms with Gasteiger partial charge >= 0.3 is 0 Å². The van der Waals surface area contributed by atoms with E-state index in [1.54, 1.807) is 31.4 Å². The van der Waals surface area contributed by atoms with E-state index in [1.807, 2.05) is 6.20 Å². The highest BCUT2D eigenvalue weighted by molar-refractivity contribution is 6.33. The number of amides is 1. The minimum absolute atomic E-state index is 0.137. The molecule has 2 aromatic rings. The smallest absolute Gasteiger partial charge is 0.251 e. The van der Waals surface area contributed by atoms with E-state index >= 15 is 0 Å². The Morgan fingerprint density at radius 3 is 2.95 bits per heavy atom. The molecule has 0 saturated heterocycles. The second kappa shape index (κ2) is 7.13. The average Bonchev–Trinajstić information content (AvgIpc) is 2.93. The summed E-state index contributed by atoms with van der Waals surface area (Å²) in [6, 6.07) is 5.16. The second-order valence-corrected chi connectivity index (χ2v) is 5.07. The predicted molar refractivity (Wildman–Crippen MR) is 84.7 cm³/mol. The van der Waals surface area contributed by atoms with Crippen molar-refractivity contribution in [3.63, 3.8) is 0 Å². The third kappa shape index (κ3) is 3.76. The molecule has 1 aromatic carbocycles. The minimum atomic E-state index is -0.137. The molecule has 6 heteroatoms. The first-order valence-electron chi connectivity index (χ1n) is 6.91. The van der Waals surface area contributed by atoms with Crippen LogP contribution in [-0.2, 0) is 13.1 Å². The van der Waals surface area contributed by atoms with Crippen LogP contribution in [0.2, 0.25) is 5.02 Å². The van der Waals surface area contributed by atoms with Crippen LogP contribution in [0.3, 0.4) is 0 Å². The summed E-state index contributed by atoms with van der Waals surface area (Å²) in [5, 5.41) is 6.42. The first kappa shape index (κ1) is 15.4. The van der Waals surface area contributed by atoms with E-state index in [-0.39, 0.29) is 5.91 Å². The van der Waals surface area contributed by atoms with Crippen molar-refractivity contribution in [1.82, 2.24) is 14.9 Å². The summed E-state index contributed by atoms with van der Waals surface area (Å²) in [5.41, 5.74) is 1.30. The molecule has 0 aliphatic rings. The maximum Gasteiger partial charge on any atom is 0.251 e. The Labute approximate surface area is 129 Å². The molecule has 0 atom stereocenters. The number of anilines is 1. The number of aromatic nitrogens is 2. The van der Waals surface area contributed by atoms with Crippen molar-refractivity contribution in [1.29, 1.82) is 0 Å². The maximum atomic E-state index is 11.7. The molecule has 21 heavy (non-hydrogen) atoms. The first-order valence-corrected chi connectivity index (χ1v) is 7.29. The highest BCUT2D eigenvalue weighted by Gasteiger charge is 2.08. The molecule has 2 N–H and O–H groups in total. The van der Waals surface area contributed by atoms with E-state index < -0.39 is 0 Å². The fourth-order valence-corrected chi connectivity index (χ4v) is 2.26. The van der Waals surface area contributed by atoms with Crippen LogP contribution in [0.4, 0.5) is 5.69 Å². The van der Waals surface area contributed by atoms with Crippen LogP contribution in [0.25, 0.3) is 0 Å². The third-order valence-corrected chi connectivity index (χ3v) is 3.49. The molecule has 2 rings (SSSR count). The fourth-order valence-electron chi connectivity index (χ4n) is 2.07. The van der Waals surface area contributed by atoms with Gasteiger partial charge in [-0.05, 0) is 24.6 Å². The summed E-state index contributed by atoms with van der Waals surface area (Å²) in [7, 11) is 1.60. The Morgan fingerprint density at radius 2 is 2.24 bits per heavy atom. The van der Waals surface area contributed by atoms with Crippen molar-refractivity contribution < 1.29 is 4.79 Å². The highest BCUT2D eigenvalue weighted by Crippen LogP contribution is 2.23. The van der Waals surface area contributed by atoms with Gasteiger partial charge < -0.3 is 15.2 Å². The van der Waals surface area contributed by atoms with Crippen molar-refractivity contribution in [2.75, 3.05) is 12.4 Å². The van der Waals surface area contributed by atoms with Gasteiger partial charge in [-0.15, -0.1) is 0 Å². The molecular formula is C15H19ClN4O. The van der Waals surface area contributed by atoms with Gasteiger partial charge in [0.1, 0.15) is 5.82 Å². The average molecular weight is 307 g/mol. The van der Waals surface area contributed by atoms with E-state index in [2.05, 4.69) is 27.1 Å². The lowest BCUT2D eigenvalue weighted by Crippen LogP contribution is -2.18. The minimum Gasteiger partial charge on any atom is -0.377 e. The summed E-state index contributed by atoms with van der Waals surface area (Å²) < 4.78 is 2.10. The van der Waals surface area contributed by atoms with E-state index in [9.17, 15) is 4.79 Å². The molecule has 0 radical (unpaired) electrons. The number of carbonyl (C=O) groups is 1. The lowest BCUT2D eigenvalue weighted by atomic mass is 10.2. The largest absolute Gasteiger partial charge is 0.377 e. The molecule has 0 bridgehead atoms. The maximum absolute atomic E-state index is 11.7. The van der Waals surface area contributed by atoms with E-state index in [0.717, 1.165) is 24.5 Å². The van der Waals surface area contributed by atoms with Crippen LogP contribution in [-0.4, -0.2) is 22.5 Å². The zero-order valence-electron chi connectivity index (χ0n) is 12.2. The van der Waals surface area contributed by atoms with Crippen LogP contribution < -0.4 is 10.6 Å². The van der Waals surface area contributed by atoms with Crippen LogP contribution in [0.15, 0.2) is 30.6 Å². The van der Waals surface area contributed by atoms with E-state index in [1.165, 1.54) is 0 Å². The molecule has 0 spiro atoms. The monoisotopic (exact) mass is 306 g/mol. The van der Waals surface area contributed by atoms with Gasteiger partial charge in [-0.25, -0.2) is 4.98 Å². The highest BCUT2D eigenvalue weighted by atomic mass is 35.5. The van der Waals surface area contributed by atoms with Gasteiger partial charge in [0.05, 0.1) is 17.3 Å². The van der Waals surface area contributed by atoms with Crippen molar-refractivity contribution in [3.05, 3.63) is 47.0 Å². The van der Waals surface area contributed by atoms with Gasteiger partial charge in [0.15, 0.2) is 0 Å². The predicted octanol–water partition coefficient (Wildman–Crippen LogP) is 2.92. The zero-order chi connectivity index (χ0) is 15.2. The summed E-state index contributed by atoms with van der Waals surface area (Å²) in [5.74, 6) is 0.806. The van der Waals surface area contributed by atoms with Crippen molar-refractivity contribution in [2.24, 2.45) is 0 Å². The lowest BCUT2D eigenvalue weighted by Gasteiger charge is -2.11. The van der Waals surface area contributed by atoms with Crippen LogP contribution in [0, 0.1) is 0 Å². The van der Waals surface area contributed by atoms with Gasteiger partial charge in [-0.2, -0.15) is 0 Å². The quantitative estimate of drug-likeness (QED) is 0.862. The van der Waals surface area contributed by atoms with Crippen LogP contribution in [0.1, 0.15) is 29.5 Å². The van der Waals surface area contributed by atoms with Crippen molar-refractivity contribution in [3.8, 4) is 0 Å². The Balaban J connectivity index is 2.12. The number of hydrogen-bond acceptors (Lipinski definition) is 3. The summed E-state index contributed by atoms with van der Waals surface area (Å²) in [6.07, 6.45) is 4.80. The fraction of sp³-hybridized carbons (Fsp3) is 0.333. The zero-order valence-corrected chi connectivity index (χ0v) is 12.9. The molecule has 0 fully saturated rings. The molecule has 0 aliphatic heterocycles. The molecule has 1 amide bonds. The number of benzene rings is 1. The number of nitrogens with one attached hydrogen (secondary N) is 2. The van der Waals surface area contributed by atoms with Gasteiger partial charge in [0.2, 0.25) is 0 Å². The number of halogens is 1. The molecule has 0 unspecified atom stereocenters. The Bertz CT molecular complexity index is 624. The molecule has 0 saturated carbocycles. The number of carbonyl (C=O) groups excluding carboxylic acids is 1. The van der Waals surface area contributed by atoms with Gasteiger partial charge in [-0.3, -0.25) is 4.79 Å². The number of nitrogens with zero attached hydrogens (tertiary/aromatic N) is 2. The molecular weight excluding hydrogens is 288 g/mol. The Morgan fingerprint density at radius 1 is 1.43 bits per heavy atom. The molecule has 5 nitrogen and oxygen atoms in total. The lowest BCUT2D eigenvalue weighted by molar-refractivity contribution is 0.0963. The van der Waals surface area contributed by atoms with Crippen molar-refractivity contribution >= 4 is 23.2 Å². The van der Waals surface area contributed by atoms with E-state index in [0.29, 0.717) is 17.1 Å². The number of imidazole rings is 1. The summed E-state index contributed by atoms with van der Waals surface area (Å²) >= 11 is 6.16. The second-order valence-electron chi connectivity index (χ2n) is 4.66. The third-order valence-electron chi connectivity index (χ3n) is 3.16. The first-order chi connectivity index (χ1) is 10.2. The summed E-state index contributed by atoms with van der Waals surface area (Å²) in [6.45, 7) is 3.62. The van der Waals surface area contributed by atoms with Crippen LogP contribution >= 0.6 is 11.6 Å². The van der Waals surface area contributed by atoms with Crippen LogP contribution in [0.5, 0.6) is 0 Å². The number of rotatable bonds is 6. The standard InChI is InChI=1S/C15H19ClN4O/c1-3-7-20-8-6-18-14(20)10-19-13-9-11(15(21)17-2)4-5-12(13)16/h4-6,8-9,19H,3,7,10H2,1-2H3,(H,17,21). The van der Waals surface area contributed by atoms with E-state index in [4.69, 9.17) is 11.6 Å². The Kier molecular flexibility index (Phi) is 5.22. The SMILES string of the molecule is CCCn1ccnc1CNc1cc(C(=O)NC)ccc1Cl. The normalized spacial score (nSPS) is 10.4. The molecule has 0 aliphatic carbocycles. The molecule has 1 aromatic heterocycles. The van der Waals surface area contributed by atoms with Gasteiger partial charge in [0, 0.05) is 31.5 Å². The number of hydrogen-bond donors (Lipinski definition) is 2.